The maximum Gasteiger partial charge on any atom is 0.138 e. The van der Waals surface area contributed by atoms with Crippen molar-refractivity contribution in [1.29, 1.82) is 0 Å². The first-order valence-corrected chi connectivity index (χ1v) is 5.19. The van der Waals surface area contributed by atoms with Gasteiger partial charge in [0, 0.05) is 0 Å². The van der Waals surface area contributed by atoms with Crippen LogP contribution >= 0.6 is 11.6 Å². The van der Waals surface area contributed by atoms with Crippen LogP contribution in [-0.4, -0.2) is 31.5 Å². The molecule has 0 unspecified atom stereocenters. The standard InChI is InChI=1S/C11H15ClO3/c1-9-2-3-10(12)11(8-9)15-7-6-14-5-4-13/h2-3,8,13H,4-7H2,1H3. The van der Waals surface area contributed by atoms with E-state index in [0.29, 0.717) is 30.6 Å². The second-order valence-corrected chi connectivity index (χ2v) is 3.53. The topological polar surface area (TPSA) is 38.7 Å². The molecule has 0 aliphatic rings. The van der Waals surface area contributed by atoms with Gasteiger partial charge in [0.2, 0.25) is 0 Å². The Hall–Kier alpha value is -0.770. The van der Waals surface area contributed by atoms with Crippen LogP contribution in [0.15, 0.2) is 18.2 Å². The van der Waals surface area contributed by atoms with E-state index in [-0.39, 0.29) is 6.61 Å². The molecule has 0 fully saturated rings. The van der Waals surface area contributed by atoms with E-state index in [1.165, 1.54) is 0 Å². The van der Waals surface area contributed by atoms with Gasteiger partial charge < -0.3 is 14.6 Å². The lowest BCUT2D eigenvalue weighted by atomic mass is 10.2. The summed E-state index contributed by atoms with van der Waals surface area (Å²) < 4.78 is 10.5. The fourth-order valence-electron chi connectivity index (χ4n) is 1.10. The van der Waals surface area contributed by atoms with E-state index in [1.807, 2.05) is 19.1 Å². The molecule has 0 aliphatic carbocycles. The van der Waals surface area contributed by atoms with Gasteiger partial charge in [0.15, 0.2) is 0 Å². The summed E-state index contributed by atoms with van der Waals surface area (Å²) in [6.07, 6.45) is 0. The maximum absolute atomic E-state index is 8.48. The number of hydrogen-bond donors (Lipinski definition) is 1. The molecule has 84 valence electrons. The van der Waals surface area contributed by atoms with E-state index >= 15 is 0 Å². The lowest BCUT2D eigenvalue weighted by Crippen LogP contribution is -2.09. The second kappa shape index (κ2) is 6.67. The van der Waals surface area contributed by atoms with Crippen LogP contribution in [0.5, 0.6) is 5.75 Å². The quantitative estimate of drug-likeness (QED) is 0.761. The molecule has 0 heterocycles. The first-order chi connectivity index (χ1) is 7.24. The highest BCUT2D eigenvalue weighted by atomic mass is 35.5. The van der Waals surface area contributed by atoms with E-state index < -0.39 is 0 Å². The molecule has 1 rings (SSSR count). The number of hydrogen-bond acceptors (Lipinski definition) is 3. The highest BCUT2D eigenvalue weighted by Gasteiger charge is 2.00. The van der Waals surface area contributed by atoms with E-state index in [1.54, 1.807) is 6.07 Å². The van der Waals surface area contributed by atoms with E-state index in [2.05, 4.69) is 0 Å². The fourth-order valence-corrected chi connectivity index (χ4v) is 1.27. The Bertz CT molecular complexity index is 302. The Morgan fingerprint density at radius 3 is 2.80 bits per heavy atom. The van der Waals surface area contributed by atoms with Crippen molar-refractivity contribution in [2.75, 3.05) is 26.4 Å². The minimum Gasteiger partial charge on any atom is -0.490 e. The fraction of sp³-hybridized carbons (Fsp3) is 0.455. The third-order valence-corrected chi connectivity index (χ3v) is 2.12. The van der Waals surface area contributed by atoms with Crippen molar-refractivity contribution in [2.24, 2.45) is 0 Å². The minimum atomic E-state index is 0.0329. The van der Waals surface area contributed by atoms with Crippen molar-refractivity contribution in [3.05, 3.63) is 28.8 Å². The smallest absolute Gasteiger partial charge is 0.138 e. The molecule has 0 aromatic heterocycles. The number of aliphatic hydroxyl groups excluding tert-OH is 1. The summed E-state index contributed by atoms with van der Waals surface area (Å²) in [5.41, 5.74) is 1.10. The van der Waals surface area contributed by atoms with Gasteiger partial charge >= 0.3 is 0 Å². The molecule has 0 atom stereocenters. The highest BCUT2D eigenvalue weighted by Crippen LogP contribution is 2.24. The molecular formula is C11H15ClO3. The summed E-state index contributed by atoms with van der Waals surface area (Å²) in [5.74, 6) is 0.671. The van der Waals surface area contributed by atoms with Crippen LogP contribution in [0, 0.1) is 6.92 Å². The monoisotopic (exact) mass is 230 g/mol. The average Bonchev–Trinajstić information content (AvgIpc) is 2.23. The predicted molar refractivity (Wildman–Crippen MR) is 59.6 cm³/mol. The molecule has 0 radical (unpaired) electrons. The molecule has 15 heavy (non-hydrogen) atoms. The minimum absolute atomic E-state index is 0.0329. The Morgan fingerprint density at radius 1 is 1.27 bits per heavy atom. The van der Waals surface area contributed by atoms with Crippen molar-refractivity contribution >= 4 is 11.6 Å². The van der Waals surface area contributed by atoms with Crippen molar-refractivity contribution < 1.29 is 14.6 Å². The lowest BCUT2D eigenvalue weighted by Gasteiger charge is -2.08. The first-order valence-electron chi connectivity index (χ1n) is 4.81. The molecule has 0 amide bonds. The Morgan fingerprint density at radius 2 is 2.07 bits per heavy atom. The molecule has 1 aromatic carbocycles. The molecule has 3 nitrogen and oxygen atoms in total. The van der Waals surface area contributed by atoms with Crippen LogP contribution in [0.4, 0.5) is 0 Å². The van der Waals surface area contributed by atoms with Gasteiger partial charge in [0.05, 0.1) is 24.8 Å². The summed E-state index contributed by atoms with van der Waals surface area (Å²) in [6.45, 7) is 3.23. The second-order valence-electron chi connectivity index (χ2n) is 3.12. The zero-order valence-corrected chi connectivity index (χ0v) is 9.46. The van der Waals surface area contributed by atoms with Gasteiger partial charge in [-0.2, -0.15) is 0 Å². The lowest BCUT2D eigenvalue weighted by molar-refractivity contribution is 0.0705. The Labute approximate surface area is 94.6 Å². The van der Waals surface area contributed by atoms with Crippen LogP contribution in [0.2, 0.25) is 5.02 Å². The van der Waals surface area contributed by atoms with Crippen molar-refractivity contribution in [3.63, 3.8) is 0 Å². The van der Waals surface area contributed by atoms with Gasteiger partial charge in [0.25, 0.3) is 0 Å². The number of ether oxygens (including phenoxy) is 2. The summed E-state index contributed by atoms with van der Waals surface area (Å²) in [7, 11) is 0. The summed E-state index contributed by atoms with van der Waals surface area (Å²) in [6, 6.07) is 5.62. The zero-order chi connectivity index (χ0) is 11.1. The van der Waals surface area contributed by atoms with Gasteiger partial charge in [0.1, 0.15) is 12.4 Å². The van der Waals surface area contributed by atoms with E-state index in [4.69, 9.17) is 26.2 Å². The molecule has 0 saturated heterocycles. The van der Waals surface area contributed by atoms with Gasteiger partial charge in [-0.1, -0.05) is 17.7 Å². The normalized spacial score (nSPS) is 10.3. The molecular weight excluding hydrogens is 216 g/mol. The summed E-state index contributed by atoms with van der Waals surface area (Å²) >= 11 is 5.93. The van der Waals surface area contributed by atoms with E-state index in [9.17, 15) is 0 Å². The third kappa shape index (κ3) is 4.51. The predicted octanol–water partition coefficient (Wildman–Crippen LogP) is 2.04. The van der Waals surface area contributed by atoms with Gasteiger partial charge in [-0.15, -0.1) is 0 Å². The molecule has 4 heteroatoms. The third-order valence-electron chi connectivity index (χ3n) is 1.81. The largest absolute Gasteiger partial charge is 0.490 e. The first kappa shape index (κ1) is 12.3. The summed E-state index contributed by atoms with van der Waals surface area (Å²) in [4.78, 5) is 0. The van der Waals surface area contributed by atoms with Crippen LogP contribution < -0.4 is 4.74 Å². The van der Waals surface area contributed by atoms with Crippen molar-refractivity contribution in [1.82, 2.24) is 0 Å². The number of benzene rings is 1. The van der Waals surface area contributed by atoms with Crippen LogP contribution in [0.1, 0.15) is 5.56 Å². The zero-order valence-electron chi connectivity index (χ0n) is 8.70. The number of halogens is 1. The van der Waals surface area contributed by atoms with Crippen LogP contribution in [0.3, 0.4) is 0 Å². The van der Waals surface area contributed by atoms with Crippen LogP contribution in [0.25, 0.3) is 0 Å². The highest BCUT2D eigenvalue weighted by molar-refractivity contribution is 6.32. The SMILES string of the molecule is Cc1ccc(Cl)c(OCCOCCO)c1. The Balaban J connectivity index is 2.33. The maximum atomic E-state index is 8.48. The number of rotatable bonds is 6. The van der Waals surface area contributed by atoms with Crippen molar-refractivity contribution in [3.8, 4) is 5.75 Å². The Kier molecular flexibility index (Phi) is 5.47. The average molecular weight is 231 g/mol. The molecule has 1 N–H and O–H groups in total. The molecule has 0 bridgehead atoms. The summed E-state index contributed by atoms with van der Waals surface area (Å²) in [5, 5.41) is 9.08. The van der Waals surface area contributed by atoms with Crippen LogP contribution in [-0.2, 0) is 4.74 Å². The number of aryl methyl sites for hydroxylation is 1. The number of aliphatic hydroxyl groups is 1. The van der Waals surface area contributed by atoms with Gasteiger partial charge in [-0.05, 0) is 24.6 Å². The molecule has 1 aromatic rings. The molecule has 0 aliphatic heterocycles. The van der Waals surface area contributed by atoms with E-state index in [0.717, 1.165) is 5.56 Å². The van der Waals surface area contributed by atoms with Gasteiger partial charge in [-0.3, -0.25) is 0 Å². The van der Waals surface area contributed by atoms with Crippen molar-refractivity contribution in [2.45, 2.75) is 6.92 Å². The molecule has 0 spiro atoms. The molecule has 0 saturated carbocycles. The van der Waals surface area contributed by atoms with Gasteiger partial charge in [-0.25, -0.2) is 0 Å².